The summed E-state index contributed by atoms with van der Waals surface area (Å²) in [6.07, 6.45) is 0.681. The summed E-state index contributed by atoms with van der Waals surface area (Å²) in [5.74, 6) is -0.178. The SMILES string of the molecule is CCc1nnsc1C(=O)Nc1cc(Cl)ccc1N1CCN(CC)CC1. The molecule has 1 fully saturated rings. The van der Waals surface area contributed by atoms with Crippen LogP contribution in [0, 0.1) is 0 Å². The quantitative estimate of drug-likeness (QED) is 0.864. The number of carbonyl (C=O) groups is 1. The first-order valence-electron chi connectivity index (χ1n) is 8.51. The van der Waals surface area contributed by atoms with Gasteiger partial charge in [0.25, 0.3) is 5.91 Å². The molecule has 1 saturated heterocycles. The summed E-state index contributed by atoms with van der Waals surface area (Å²) in [7, 11) is 0. The van der Waals surface area contributed by atoms with Crippen LogP contribution in [0.1, 0.15) is 29.2 Å². The monoisotopic (exact) mass is 379 g/mol. The van der Waals surface area contributed by atoms with E-state index in [1.807, 2.05) is 19.1 Å². The van der Waals surface area contributed by atoms with Gasteiger partial charge in [-0.15, -0.1) is 5.10 Å². The number of aryl methyl sites for hydroxylation is 1. The lowest BCUT2D eigenvalue weighted by atomic mass is 10.2. The molecule has 1 amide bonds. The fraction of sp³-hybridized carbons (Fsp3) is 0.471. The van der Waals surface area contributed by atoms with E-state index >= 15 is 0 Å². The van der Waals surface area contributed by atoms with Crippen LogP contribution in [0.15, 0.2) is 18.2 Å². The number of anilines is 2. The Kier molecular flexibility index (Phi) is 5.88. The minimum Gasteiger partial charge on any atom is -0.367 e. The third-order valence-electron chi connectivity index (χ3n) is 4.46. The Bertz CT molecular complexity index is 742. The number of rotatable bonds is 5. The van der Waals surface area contributed by atoms with Gasteiger partial charge in [0, 0.05) is 31.2 Å². The van der Waals surface area contributed by atoms with Crippen LogP contribution in [0.4, 0.5) is 11.4 Å². The normalized spacial score (nSPS) is 15.4. The van der Waals surface area contributed by atoms with Gasteiger partial charge in [-0.1, -0.05) is 29.9 Å². The molecule has 3 rings (SSSR count). The molecule has 2 aromatic rings. The number of amides is 1. The van der Waals surface area contributed by atoms with Crippen molar-refractivity contribution < 1.29 is 4.79 Å². The fourth-order valence-corrected chi connectivity index (χ4v) is 3.80. The van der Waals surface area contributed by atoms with Crippen molar-refractivity contribution in [2.24, 2.45) is 0 Å². The third-order valence-corrected chi connectivity index (χ3v) is 5.47. The van der Waals surface area contributed by atoms with Crippen molar-refractivity contribution in [2.75, 3.05) is 42.9 Å². The maximum absolute atomic E-state index is 12.6. The van der Waals surface area contributed by atoms with Gasteiger partial charge in [-0.25, -0.2) is 0 Å². The number of nitrogens with zero attached hydrogens (tertiary/aromatic N) is 4. The molecular weight excluding hydrogens is 358 g/mol. The molecule has 0 aliphatic carbocycles. The van der Waals surface area contributed by atoms with Gasteiger partial charge in [0.1, 0.15) is 4.88 Å². The van der Waals surface area contributed by atoms with Gasteiger partial charge >= 0.3 is 0 Å². The van der Waals surface area contributed by atoms with Crippen LogP contribution in [0.2, 0.25) is 5.02 Å². The maximum Gasteiger partial charge on any atom is 0.269 e. The molecule has 0 atom stereocenters. The van der Waals surface area contributed by atoms with Crippen LogP contribution in [-0.4, -0.2) is 53.1 Å². The van der Waals surface area contributed by atoms with Crippen LogP contribution in [0.5, 0.6) is 0 Å². The molecule has 6 nitrogen and oxygen atoms in total. The molecule has 2 heterocycles. The minimum absolute atomic E-state index is 0.178. The van der Waals surface area contributed by atoms with Crippen LogP contribution >= 0.6 is 23.1 Å². The number of piperazine rings is 1. The van der Waals surface area contributed by atoms with Crippen molar-refractivity contribution in [1.82, 2.24) is 14.5 Å². The highest BCUT2D eigenvalue weighted by molar-refractivity contribution is 7.08. The van der Waals surface area contributed by atoms with E-state index < -0.39 is 0 Å². The van der Waals surface area contributed by atoms with E-state index in [2.05, 4.69) is 31.6 Å². The van der Waals surface area contributed by atoms with E-state index in [9.17, 15) is 4.79 Å². The van der Waals surface area contributed by atoms with Gasteiger partial charge in [-0.05, 0) is 42.7 Å². The Labute approximate surface area is 156 Å². The van der Waals surface area contributed by atoms with Crippen LogP contribution < -0.4 is 10.2 Å². The van der Waals surface area contributed by atoms with Gasteiger partial charge in [0.2, 0.25) is 0 Å². The number of carbonyl (C=O) groups excluding carboxylic acids is 1. The lowest BCUT2D eigenvalue weighted by Gasteiger charge is -2.36. The maximum atomic E-state index is 12.6. The summed E-state index contributed by atoms with van der Waals surface area (Å²) >= 11 is 7.29. The number of hydrogen-bond donors (Lipinski definition) is 1. The molecule has 0 unspecified atom stereocenters. The smallest absolute Gasteiger partial charge is 0.269 e. The first-order chi connectivity index (χ1) is 12.1. The molecule has 0 saturated carbocycles. The van der Waals surface area contributed by atoms with Crippen molar-refractivity contribution in [2.45, 2.75) is 20.3 Å². The zero-order valence-electron chi connectivity index (χ0n) is 14.5. The van der Waals surface area contributed by atoms with Crippen LogP contribution in [0.25, 0.3) is 0 Å². The van der Waals surface area contributed by atoms with E-state index in [4.69, 9.17) is 11.6 Å². The first kappa shape index (κ1) is 18.1. The third kappa shape index (κ3) is 4.11. The molecule has 1 aromatic carbocycles. The van der Waals surface area contributed by atoms with E-state index in [0.717, 1.165) is 61.3 Å². The number of halogens is 1. The standard InChI is InChI=1S/C17H22ClN5OS/c1-3-13-16(25-21-20-13)17(24)19-14-11-12(18)5-6-15(14)23-9-7-22(4-2)8-10-23/h5-6,11H,3-4,7-10H2,1-2H3,(H,19,24). The van der Waals surface area contributed by atoms with Crippen molar-refractivity contribution in [3.63, 3.8) is 0 Å². The lowest BCUT2D eigenvalue weighted by molar-refractivity contribution is 0.102. The number of nitrogens with one attached hydrogen (secondary N) is 1. The highest BCUT2D eigenvalue weighted by Gasteiger charge is 2.21. The van der Waals surface area contributed by atoms with Gasteiger partial charge in [0.05, 0.1) is 17.1 Å². The minimum atomic E-state index is -0.178. The number of likely N-dealkylation sites (N-methyl/N-ethyl adjacent to an activating group) is 1. The summed E-state index contributed by atoms with van der Waals surface area (Å²) in [5.41, 5.74) is 2.46. The number of hydrogen-bond acceptors (Lipinski definition) is 6. The molecular formula is C17H22ClN5OS. The van der Waals surface area contributed by atoms with Crippen molar-refractivity contribution >= 4 is 40.4 Å². The predicted molar refractivity (Wildman–Crippen MR) is 103 cm³/mol. The summed E-state index contributed by atoms with van der Waals surface area (Å²) < 4.78 is 3.89. The predicted octanol–water partition coefficient (Wildman–Crippen LogP) is 3.15. The average molecular weight is 380 g/mol. The summed E-state index contributed by atoms with van der Waals surface area (Å²) in [5, 5.41) is 7.61. The molecule has 0 bridgehead atoms. The van der Waals surface area contributed by atoms with E-state index in [-0.39, 0.29) is 5.91 Å². The van der Waals surface area contributed by atoms with E-state index in [1.54, 1.807) is 6.07 Å². The molecule has 0 spiro atoms. The first-order valence-corrected chi connectivity index (χ1v) is 9.67. The summed E-state index contributed by atoms with van der Waals surface area (Å²) in [6.45, 7) is 9.11. The van der Waals surface area contributed by atoms with E-state index in [1.165, 1.54) is 0 Å². The van der Waals surface area contributed by atoms with Gasteiger partial charge in [-0.3, -0.25) is 4.79 Å². The Hall–Kier alpha value is -1.70. The lowest BCUT2D eigenvalue weighted by Crippen LogP contribution is -2.46. The van der Waals surface area contributed by atoms with Gasteiger partial charge in [-0.2, -0.15) is 0 Å². The molecule has 0 radical (unpaired) electrons. The molecule has 8 heteroatoms. The zero-order chi connectivity index (χ0) is 17.8. The highest BCUT2D eigenvalue weighted by Crippen LogP contribution is 2.31. The number of aromatic nitrogens is 2. The molecule has 1 aromatic heterocycles. The van der Waals surface area contributed by atoms with Crippen LogP contribution in [-0.2, 0) is 6.42 Å². The van der Waals surface area contributed by atoms with E-state index in [0.29, 0.717) is 16.3 Å². The van der Waals surface area contributed by atoms with Gasteiger partial charge < -0.3 is 15.1 Å². The average Bonchev–Trinajstić information content (AvgIpc) is 3.11. The highest BCUT2D eigenvalue weighted by atomic mass is 35.5. The Balaban J connectivity index is 1.81. The molecule has 1 N–H and O–H groups in total. The largest absolute Gasteiger partial charge is 0.367 e. The van der Waals surface area contributed by atoms with Gasteiger partial charge in [0.15, 0.2) is 0 Å². The Morgan fingerprint density at radius 1 is 1.28 bits per heavy atom. The number of benzene rings is 1. The molecule has 134 valence electrons. The second-order valence-electron chi connectivity index (χ2n) is 5.94. The molecule has 1 aliphatic rings. The van der Waals surface area contributed by atoms with Crippen molar-refractivity contribution in [3.05, 3.63) is 33.8 Å². The second-order valence-corrected chi connectivity index (χ2v) is 7.13. The molecule has 25 heavy (non-hydrogen) atoms. The van der Waals surface area contributed by atoms with Crippen LogP contribution in [0.3, 0.4) is 0 Å². The topological polar surface area (TPSA) is 61.4 Å². The fourth-order valence-electron chi connectivity index (χ4n) is 2.98. The Morgan fingerprint density at radius 2 is 2.04 bits per heavy atom. The van der Waals surface area contributed by atoms with Crippen molar-refractivity contribution in [3.8, 4) is 0 Å². The second kappa shape index (κ2) is 8.12. The van der Waals surface area contributed by atoms with Crippen molar-refractivity contribution in [1.29, 1.82) is 0 Å². The molecule has 1 aliphatic heterocycles. The zero-order valence-corrected chi connectivity index (χ0v) is 16.0. The Morgan fingerprint density at radius 3 is 2.72 bits per heavy atom. The summed E-state index contributed by atoms with van der Waals surface area (Å²) in [6, 6.07) is 5.65. The summed E-state index contributed by atoms with van der Waals surface area (Å²) in [4.78, 5) is 17.9.